The molecule has 0 N–H and O–H groups in total. The van der Waals surface area contributed by atoms with E-state index in [1.807, 2.05) is 0 Å². The zero-order chi connectivity index (χ0) is 38.3. The van der Waals surface area contributed by atoms with Crippen molar-refractivity contribution in [2.24, 2.45) is 0 Å². The van der Waals surface area contributed by atoms with E-state index in [0.717, 1.165) is 28.1 Å². The predicted octanol–water partition coefficient (Wildman–Crippen LogP) is 11.1. The summed E-state index contributed by atoms with van der Waals surface area (Å²) in [4.78, 5) is 10.8. The molecule has 2 aliphatic heterocycles. The number of aromatic nitrogens is 4. The van der Waals surface area contributed by atoms with Gasteiger partial charge in [0.1, 0.15) is 0 Å². The SMILES string of the molecule is c1ccc(-c2cc(-c3ccccc3)nc(-c3cc4c5c(c3)-n3c6ccc7ccccc7c6c6cccc(c63)B5c3cccc5c6c7ccccc7ccc6n-4c35)n2)cc1. The minimum atomic E-state index is 0.0315. The van der Waals surface area contributed by atoms with Crippen LogP contribution in [0.15, 0.2) is 188 Å². The van der Waals surface area contributed by atoms with E-state index in [1.54, 1.807) is 0 Å². The molecule has 0 atom stereocenters. The van der Waals surface area contributed by atoms with Gasteiger partial charge in [0.15, 0.2) is 5.82 Å². The number of para-hydroxylation sites is 2. The zero-order valence-electron chi connectivity index (χ0n) is 31.8. The number of hydrogen-bond acceptors (Lipinski definition) is 2. The van der Waals surface area contributed by atoms with E-state index in [2.05, 4.69) is 197 Å². The lowest BCUT2D eigenvalue weighted by Crippen LogP contribution is -2.59. The average molecular weight is 747 g/mol. The fourth-order valence-corrected chi connectivity index (χ4v) is 10.7. The number of rotatable bonds is 3. The van der Waals surface area contributed by atoms with Gasteiger partial charge in [-0.2, -0.15) is 0 Å². The molecule has 3 aromatic heterocycles. The second-order valence-electron chi connectivity index (χ2n) is 16.1. The van der Waals surface area contributed by atoms with Crippen molar-refractivity contribution < 1.29 is 0 Å². The molecule has 0 radical (unpaired) electrons. The van der Waals surface area contributed by atoms with Gasteiger partial charge in [-0.05, 0) is 68.3 Å². The predicted molar refractivity (Wildman–Crippen MR) is 247 cm³/mol. The van der Waals surface area contributed by atoms with E-state index in [1.165, 1.54) is 92.9 Å². The molecule has 4 nitrogen and oxygen atoms in total. The van der Waals surface area contributed by atoms with Crippen LogP contribution < -0.4 is 16.4 Å². The fourth-order valence-electron chi connectivity index (χ4n) is 10.7. The molecule has 2 aliphatic rings. The molecular weight excluding hydrogens is 715 g/mol. The van der Waals surface area contributed by atoms with Crippen LogP contribution in [-0.2, 0) is 0 Å². The van der Waals surface area contributed by atoms with Crippen molar-refractivity contribution in [3.05, 3.63) is 188 Å². The monoisotopic (exact) mass is 746 g/mol. The summed E-state index contributed by atoms with van der Waals surface area (Å²) in [6.07, 6.45) is 0. The van der Waals surface area contributed by atoms with Crippen LogP contribution in [0, 0.1) is 0 Å². The second kappa shape index (κ2) is 11.4. The summed E-state index contributed by atoms with van der Waals surface area (Å²) in [6.45, 7) is 0.0315. The van der Waals surface area contributed by atoms with Crippen molar-refractivity contribution in [2.45, 2.75) is 0 Å². The maximum Gasteiger partial charge on any atom is 0.252 e. The van der Waals surface area contributed by atoms with E-state index in [4.69, 9.17) is 9.97 Å². The lowest BCUT2D eigenvalue weighted by molar-refractivity contribution is 1.13. The average Bonchev–Trinajstić information content (AvgIpc) is 3.84. The molecular formula is C54H31BN4. The third-order valence-electron chi connectivity index (χ3n) is 13.1. The number of nitrogens with zero attached hydrogens (tertiary/aromatic N) is 4. The second-order valence-corrected chi connectivity index (χ2v) is 16.1. The molecule has 0 unspecified atom stereocenters. The quantitative estimate of drug-likeness (QED) is 0.169. The summed E-state index contributed by atoms with van der Waals surface area (Å²) in [5, 5.41) is 10.2. The van der Waals surface area contributed by atoms with Gasteiger partial charge in [0.2, 0.25) is 0 Å². The van der Waals surface area contributed by atoms with Crippen LogP contribution in [0.2, 0.25) is 0 Å². The van der Waals surface area contributed by atoms with Crippen LogP contribution in [0.25, 0.3) is 110 Å². The Kier molecular flexibility index (Phi) is 6.07. The van der Waals surface area contributed by atoms with Gasteiger partial charge in [0, 0.05) is 60.6 Å². The third-order valence-corrected chi connectivity index (χ3v) is 13.1. The summed E-state index contributed by atoms with van der Waals surface area (Å²) in [6, 6.07) is 68.6. The fraction of sp³-hybridized carbons (Fsp3) is 0. The molecule has 9 aromatic carbocycles. The summed E-state index contributed by atoms with van der Waals surface area (Å²) in [5.41, 5.74) is 16.2. The Morgan fingerprint density at radius 2 is 0.831 bits per heavy atom. The maximum absolute atomic E-state index is 5.40. The highest BCUT2D eigenvalue weighted by atomic mass is 15.0. The van der Waals surface area contributed by atoms with Crippen molar-refractivity contribution in [2.75, 3.05) is 0 Å². The summed E-state index contributed by atoms with van der Waals surface area (Å²) >= 11 is 0. The van der Waals surface area contributed by atoms with E-state index >= 15 is 0 Å². The van der Waals surface area contributed by atoms with Gasteiger partial charge in [-0.15, -0.1) is 0 Å². The van der Waals surface area contributed by atoms with Crippen LogP contribution in [0.5, 0.6) is 0 Å². The van der Waals surface area contributed by atoms with E-state index in [-0.39, 0.29) is 6.71 Å². The van der Waals surface area contributed by atoms with Crippen molar-refractivity contribution in [3.63, 3.8) is 0 Å². The molecule has 0 bridgehead atoms. The van der Waals surface area contributed by atoms with Crippen molar-refractivity contribution in [1.82, 2.24) is 19.1 Å². The molecule has 0 spiro atoms. The first-order valence-electron chi connectivity index (χ1n) is 20.4. The third kappa shape index (κ3) is 4.13. The molecule has 12 aromatic rings. The van der Waals surface area contributed by atoms with Gasteiger partial charge < -0.3 is 9.13 Å². The molecule has 5 heteroatoms. The first-order chi connectivity index (χ1) is 29.3. The van der Waals surface area contributed by atoms with Gasteiger partial charge >= 0.3 is 0 Å². The van der Waals surface area contributed by atoms with Gasteiger partial charge in [-0.1, -0.05) is 158 Å². The molecule has 0 amide bonds. The zero-order valence-corrected chi connectivity index (χ0v) is 31.8. The molecule has 59 heavy (non-hydrogen) atoms. The van der Waals surface area contributed by atoms with Gasteiger partial charge in [0.25, 0.3) is 6.71 Å². The highest BCUT2D eigenvalue weighted by Gasteiger charge is 2.41. The largest absolute Gasteiger partial charge is 0.310 e. The lowest BCUT2D eigenvalue weighted by Gasteiger charge is -2.34. The highest BCUT2D eigenvalue weighted by Crippen LogP contribution is 2.43. The molecule has 5 heterocycles. The summed E-state index contributed by atoms with van der Waals surface area (Å²) in [7, 11) is 0. The van der Waals surface area contributed by atoms with Gasteiger partial charge in [-0.3, -0.25) is 0 Å². The Morgan fingerprint density at radius 3 is 1.34 bits per heavy atom. The van der Waals surface area contributed by atoms with Crippen molar-refractivity contribution in [1.29, 1.82) is 0 Å². The molecule has 0 saturated heterocycles. The maximum atomic E-state index is 5.40. The Hall–Kier alpha value is -7.76. The number of hydrogen-bond donors (Lipinski definition) is 0. The standard InChI is InChI=1S/C54H31BN4/c1-3-15-34(16-4-1)43-31-44(35-17-5-2-6-18-35)57-54(56-43)36-29-47-51-48(30-36)59-46-28-26-33-14-8-10-20-38(33)50(46)40-22-12-24-42(53(40)59)55(51)41-23-11-21-39-49-37-19-9-7-13-32(37)25-27-45(49)58(47)52(39)41/h1-31H. The Labute approximate surface area is 339 Å². The lowest BCUT2D eigenvalue weighted by atomic mass is 9.34. The smallest absolute Gasteiger partial charge is 0.252 e. The van der Waals surface area contributed by atoms with E-state index in [9.17, 15) is 0 Å². The number of benzene rings is 9. The topological polar surface area (TPSA) is 35.6 Å². The number of fused-ring (bicyclic) bond motifs is 14. The van der Waals surface area contributed by atoms with E-state index < -0.39 is 0 Å². The molecule has 270 valence electrons. The Bertz CT molecular complexity index is 3550. The molecule has 0 fully saturated rings. The first-order valence-corrected chi connectivity index (χ1v) is 20.4. The highest BCUT2D eigenvalue weighted by molar-refractivity contribution is 7.00. The molecule has 0 saturated carbocycles. The van der Waals surface area contributed by atoms with Crippen LogP contribution in [-0.4, -0.2) is 25.8 Å². The summed E-state index contributed by atoms with van der Waals surface area (Å²) in [5.74, 6) is 0.704. The van der Waals surface area contributed by atoms with E-state index in [0.29, 0.717) is 5.82 Å². The minimum absolute atomic E-state index is 0.0315. The van der Waals surface area contributed by atoms with Crippen molar-refractivity contribution >= 4 is 88.3 Å². The van der Waals surface area contributed by atoms with Crippen molar-refractivity contribution in [3.8, 4) is 45.3 Å². The van der Waals surface area contributed by atoms with Gasteiger partial charge in [0.05, 0.1) is 22.4 Å². The van der Waals surface area contributed by atoms with Gasteiger partial charge in [-0.25, -0.2) is 9.97 Å². The van der Waals surface area contributed by atoms with Crippen LogP contribution >= 0.6 is 0 Å². The minimum Gasteiger partial charge on any atom is -0.310 e. The van der Waals surface area contributed by atoms with Crippen LogP contribution in [0.1, 0.15) is 0 Å². The normalized spacial score (nSPS) is 12.7. The molecule has 14 rings (SSSR count). The van der Waals surface area contributed by atoms with Crippen LogP contribution in [0.3, 0.4) is 0 Å². The molecule has 0 aliphatic carbocycles. The Balaban J connectivity index is 1.17. The first kappa shape index (κ1) is 31.3. The Morgan fingerprint density at radius 1 is 0.373 bits per heavy atom. The van der Waals surface area contributed by atoms with Crippen LogP contribution in [0.4, 0.5) is 0 Å². The summed E-state index contributed by atoms with van der Waals surface area (Å²) < 4.78 is 5.10.